The van der Waals surface area contributed by atoms with Crippen LogP contribution >= 0.6 is 27.5 Å². The highest BCUT2D eigenvalue weighted by Gasteiger charge is 2.16. The molecule has 1 aliphatic heterocycles. The highest BCUT2D eigenvalue weighted by atomic mass is 79.9. The second kappa shape index (κ2) is 5.42. The second-order valence-electron chi connectivity index (χ2n) is 4.58. The summed E-state index contributed by atoms with van der Waals surface area (Å²) < 4.78 is 1.12. The summed E-state index contributed by atoms with van der Waals surface area (Å²) in [5, 5.41) is 0. The quantitative estimate of drug-likeness (QED) is 0.731. The van der Waals surface area contributed by atoms with E-state index < -0.39 is 0 Å². The van der Waals surface area contributed by atoms with Crippen molar-refractivity contribution in [3.8, 4) is 0 Å². The third-order valence-corrected chi connectivity index (χ3v) is 4.36. The lowest BCUT2D eigenvalue weighted by molar-refractivity contribution is 0.438. The Bertz CT molecular complexity index is 359. The minimum Gasteiger partial charge on any atom is -0.371 e. The van der Waals surface area contributed by atoms with Crippen LogP contribution in [0.2, 0.25) is 0 Å². The smallest absolute Gasteiger partial charge is 0.0485 e. The average Bonchev–Trinajstić information content (AvgIpc) is 2.30. The van der Waals surface area contributed by atoms with Crippen LogP contribution in [0, 0.1) is 5.92 Å². The maximum absolute atomic E-state index is 5.85. The molecule has 0 atom stereocenters. The molecule has 2 rings (SSSR count). The van der Waals surface area contributed by atoms with Gasteiger partial charge in [0.2, 0.25) is 0 Å². The van der Waals surface area contributed by atoms with Crippen molar-refractivity contribution in [2.75, 3.05) is 18.0 Å². The molecule has 0 bridgehead atoms. The normalized spacial score (nSPS) is 17.8. The molecule has 1 saturated heterocycles. The lowest BCUT2D eigenvalue weighted by Crippen LogP contribution is -2.32. The van der Waals surface area contributed by atoms with Gasteiger partial charge in [-0.3, -0.25) is 0 Å². The van der Waals surface area contributed by atoms with E-state index in [2.05, 4.69) is 46.0 Å². The second-order valence-corrected chi connectivity index (χ2v) is 5.70. The van der Waals surface area contributed by atoms with Gasteiger partial charge in [-0.1, -0.05) is 28.9 Å². The van der Waals surface area contributed by atoms with E-state index in [0.717, 1.165) is 16.0 Å². The maximum atomic E-state index is 5.85. The van der Waals surface area contributed by atoms with E-state index in [4.69, 9.17) is 11.6 Å². The first-order chi connectivity index (χ1) is 7.70. The Balaban J connectivity index is 2.12. The summed E-state index contributed by atoms with van der Waals surface area (Å²) in [5.74, 6) is 1.44. The predicted octanol–water partition coefficient (Wildman–Crippen LogP) is 4.42. The molecule has 0 saturated carbocycles. The van der Waals surface area contributed by atoms with Crippen LogP contribution in [0.15, 0.2) is 22.7 Å². The van der Waals surface area contributed by atoms with Crippen molar-refractivity contribution in [1.29, 1.82) is 0 Å². The van der Waals surface area contributed by atoms with Crippen LogP contribution in [-0.2, 0) is 5.88 Å². The largest absolute Gasteiger partial charge is 0.371 e. The number of hydrogen-bond acceptors (Lipinski definition) is 1. The predicted molar refractivity (Wildman–Crippen MR) is 74.3 cm³/mol. The zero-order valence-corrected chi connectivity index (χ0v) is 11.9. The van der Waals surface area contributed by atoms with Crippen molar-refractivity contribution in [2.24, 2.45) is 5.92 Å². The Hall–Kier alpha value is -0.210. The van der Waals surface area contributed by atoms with Crippen molar-refractivity contribution < 1.29 is 0 Å². The molecule has 1 heterocycles. The maximum Gasteiger partial charge on any atom is 0.0485 e. The van der Waals surface area contributed by atoms with Gasteiger partial charge in [0.1, 0.15) is 0 Å². The first-order valence-electron chi connectivity index (χ1n) is 5.80. The lowest BCUT2D eigenvalue weighted by Gasteiger charge is -2.32. The number of benzene rings is 1. The molecule has 0 radical (unpaired) electrons. The molecule has 16 heavy (non-hydrogen) atoms. The Morgan fingerprint density at radius 1 is 1.38 bits per heavy atom. The van der Waals surface area contributed by atoms with E-state index in [-0.39, 0.29) is 0 Å². The number of hydrogen-bond donors (Lipinski definition) is 0. The average molecular weight is 303 g/mol. The summed E-state index contributed by atoms with van der Waals surface area (Å²) >= 11 is 9.42. The molecule has 1 aromatic rings. The van der Waals surface area contributed by atoms with Crippen LogP contribution < -0.4 is 4.90 Å². The molecule has 88 valence electrons. The molecule has 1 nitrogen and oxygen atoms in total. The molecular formula is C13H17BrClN. The third kappa shape index (κ3) is 2.72. The van der Waals surface area contributed by atoms with Gasteiger partial charge in [0.15, 0.2) is 0 Å². The van der Waals surface area contributed by atoms with Gasteiger partial charge >= 0.3 is 0 Å². The minimum absolute atomic E-state index is 0.567. The fourth-order valence-electron chi connectivity index (χ4n) is 2.11. The van der Waals surface area contributed by atoms with Gasteiger partial charge < -0.3 is 4.90 Å². The summed E-state index contributed by atoms with van der Waals surface area (Å²) in [7, 11) is 0. The topological polar surface area (TPSA) is 3.24 Å². The van der Waals surface area contributed by atoms with Crippen molar-refractivity contribution in [3.63, 3.8) is 0 Å². The Morgan fingerprint density at radius 2 is 2.06 bits per heavy atom. The Morgan fingerprint density at radius 3 is 2.62 bits per heavy atom. The first-order valence-corrected chi connectivity index (χ1v) is 7.13. The zero-order chi connectivity index (χ0) is 11.5. The highest BCUT2D eigenvalue weighted by molar-refractivity contribution is 9.10. The molecule has 0 spiro atoms. The van der Waals surface area contributed by atoms with E-state index >= 15 is 0 Å². The van der Waals surface area contributed by atoms with Crippen molar-refractivity contribution in [2.45, 2.75) is 25.6 Å². The number of piperidine rings is 1. The summed E-state index contributed by atoms with van der Waals surface area (Å²) in [5.41, 5.74) is 2.48. The first kappa shape index (κ1) is 12.3. The molecule has 1 fully saturated rings. The van der Waals surface area contributed by atoms with Crippen LogP contribution in [0.25, 0.3) is 0 Å². The third-order valence-electron chi connectivity index (χ3n) is 3.33. The van der Waals surface area contributed by atoms with Crippen molar-refractivity contribution in [3.05, 3.63) is 28.2 Å². The summed E-state index contributed by atoms with van der Waals surface area (Å²) in [6.45, 7) is 4.69. The van der Waals surface area contributed by atoms with Crippen LogP contribution in [0.1, 0.15) is 25.3 Å². The Labute approximate surface area is 111 Å². The van der Waals surface area contributed by atoms with Gasteiger partial charge in [0, 0.05) is 29.1 Å². The number of anilines is 1. The molecule has 1 aliphatic rings. The number of rotatable bonds is 2. The van der Waals surface area contributed by atoms with E-state index in [1.54, 1.807) is 0 Å². The van der Waals surface area contributed by atoms with E-state index in [1.165, 1.54) is 31.6 Å². The molecule has 0 amide bonds. The number of halogens is 2. The number of alkyl halides is 1. The van der Waals surface area contributed by atoms with E-state index in [9.17, 15) is 0 Å². The van der Waals surface area contributed by atoms with Crippen LogP contribution in [0.4, 0.5) is 5.69 Å². The summed E-state index contributed by atoms with van der Waals surface area (Å²) in [4.78, 5) is 2.46. The molecular weight excluding hydrogens is 286 g/mol. The lowest BCUT2D eigenvalue weighted by atomic mass is 9.99. The van der Waals surface area contributed by atoms with Gasteiger partial charge in [-0.25, -0.2) is 0 Å². The van der Waals surface area contributed by atoms with Crippen LogP contribution in [0.5, 0.6) is 0 Å². The van der Waals surface area contributed by atoms with Gasteiger partial charge in [-0.15, -0.1) is 11.6 Å². The molecule has 0 aliphatic carbocycles. The van der Waals surface area contributed by atoms with Crippen molar-refractivity contribution >= 4 is 33.2 Å². The van der Waals surface area contributed by atoms with Gasteiger partial charge in [-0.05, 0) is 36.5 Å². The van der Waals surface area contributed by atoms with Crippen LogP contribution in [0.3, 0.4) is 0 Å². The van der Waals surface area contributed by atoms with E-state index in [1.807, 2.05) is 0 Å². The van der Waals surface area contributed by atoms with E-state index in [0.29, 0.717) is 5.88 Å². The SMILES string of the molecule is CC1CCN(c2ccc(CCl)c(Br)c2)CC1. The minimum atomic E-state index is 0.567. The fraction of sp³-hybridized carbons (Fsp3) is 0.538. The van der Waals surface area contributed by atoms with Gasteiger partial charge in [0.05, 0.1) is 0 Å². The fourth-order valence-corrected chi connectivity index (χ4v) is 3.01. The molecule has 0 unspecified atom stereocenters. The standard InChI is InChI=1S/C13H17BrClN/c1-10-4-6-16(7-5-10)12-3-2-11(9-15)13(14)8-12/h2-3,8,10H,4-7,9H2,1H3. The van der Waals surface area contributed by atoms with Gasteiger partial charge in [0.25, 0.3) is 0 Å². The van der Waals surface area contributed by atoms with Crippen LogP contribution in [-0.4, -0.2) is 13.1 Å². The zero-order valence-electron chi connectivity index (χ0n) is 9.55. The highest BCUT2D eigenvalue weighted by Crippen LogP contribution is 2.28. The van der Waals surface area contributed by atoms with Crippen molar-refractivity contribution in [1.82, 2.24) is 0 Å². The summed E-state index contributed by atoms with van der Waals surface area (Å²) in [6.07, 6.45) is 2.60. The summed E-state index contributed by atoms with van der Waals surface area (Å²) in [6, 6.07) is 6.48. The monoisotopic (exact) mass is 301 g/mol. The molecule has 1 aromatic carbocycles. The molecule has 0 aromatic heterocycles. The molecule has 0 N–H and O–H groups in total. The molecule has 3 heteroatoms. The van der Waals surface area contributed by atoms with Gasteiger partial charge in [-0.2, -0.15) is 0 Å². The number of nitrogens with zero attached hydrogens (tertiary/aromatic N) is 1. The Kier molecular flexibility index (Phi) is 4.15.